The fourth-order valence-corrected chi connectivity index (χ4v) is 2.55. The Labute approximate surface area is 134 Å². The molecule has 114 valence electrons. The number of nitrogen functional groups attached to an aromatic ring is 1. The predicted molar refractivity (Wildman–Crippen MR) is 88.0 cm³/mol. The maximum absolute atomic E-state index is 5.82. The van der Waals surface area contributed by atoms with Gasteiger partial charge >= 0.3 is 0 Å². The molecule has 0 saturated carbocycles. The van der Waals surface area contributed by atoms with Crippen molar-refractivity contribution in [1.29, 1.82) is 0 Å². The van der Waals surface area contributed by atoms with Crippen molar-refractivity contribution in [2.24, 2.45) is 0 Å². The maximum atomic E-state index is 5.82. The van der Waals surface area contributed by atoms with E-state index in [1.807, 2.05) is 42.5 Å². The lowest BCUT2D eigenvalue weighted by atomic mass is 10.3. The fourth-order valence-electron chi connectivity index (χ4n) is 2.04. The van der Waals surface area contributed by atoms with Gasteiger partial charge in [0, 0.05) is 11.8 Å². The Balaban J connectivity index is 1.49. The number of hydrogen-bond acceptors (Lipinski definition) is 8. The first-order valence-corrected chi connectivity index (χ1v) is 7.45. The number of ether oxygens (including phenoxy) is 1. The second kappa shape index (κ2) is 5.54. The third kappa shape index (κ3) is 2.90. The van der Waals surface area contributed by atoms with E-state index in [-0.39, 0.29) is 5.95 Å². The monoisotopic (exact) mass is 325 g/mol. The highest BCUT2D eigenvalue weighted by Gasteiger charge is 2.04. The molecular formula is C14H11N7OS. The Morgan fingerprint density at radius 2 is 1.74 bits per heavy atom. The molecule has 0 unspecified atom stereocenters. The second-order valence-electron chi connectivity index (χ2n) is 4.73. The molecule has 0 bridgehead atoms. The zero-order chi connectivity index (χ0) is 15.6. The van der Waals surface area contributed by atoms with Crippen LogP contribution in [-0.2, 0) is 0 Å². The van der Waals surface area contributed by atoms with E-state index in [2.05, 4.69) is 29.2 Å². The zero-order valence-corrected chi connectivity index (χ0v) is 12.5. The fraction of sp³-hybridized carbons (Fsp3) is 0. The molecule has 4 N–H and O–H groups in total. The average molecular weight is 325 g/mol. The molecule has 4 rings (SSSR count). The Bertz CT molecular complexity index is 947. The van der Waals surface area contributed by atoms with Gasteiger partial charge in [-0.15, -0.1) is 10.2 Å². The topological polar surface area (TPSA) is 115 Å². The van der Waals surface area contributed by atoms with Crippen LogP contribution < -0.4 is 15.8 Å². The molecule has 2 aromatic carbocycles. The SMILES string of the molecule is Nc1nnc(Nc2ccc(Oc3ccc4nsnc4c3)cc2)[nH]1. The molecule has 8 nitrogen and oxygen atoms in total. The number of aromatic nitrogens is 5. The van der Waals surface area contributed by atoms with Crippen LogP contribution in [0.5, 0.6) is 11.5 Å². The molecule has 0 spiro atoms. The summed E-state index contributed by atoms with van der Waals surface area (Å²) in [5.41, 5.74) is 8.01. The summed E-state index contributed by atoms with van der Waals surface area (Å²) < 4.78 is 14.2. The van der Waals surface area contributed by atoms with Crippen molar-refractivity contribution in [3.63, 3.8) is 0 Å². The number of aromatic amines is 1. The highest BCUT2D eigenvalue weighted by atomic mass is 32.1. The van der Waals surface area contributed by atoms with E-state index in [9.17, 15) is 0 Å². The van der Waals surface area contributed by atoms with Crippen LogP contribution >= 0.6 is 11.7 Å². The highest BCUT2D eigenvalue weighted by molar-refractivity contribution is 7.00. The van der Waals surface area contributed by atoms with Gasteiger partial charge in [-0.2, -0.15) is 8.75 Å². The van der Waals surface area contributed by atoms with Crippen molar-refractivity contribution < 1.29 is 4.74 Å². The number of fused-ring (bicyclic) bond motifs is 1. The predicted octanol–water partition coefficient (Wildman–Crippen LogP) is 2.93. The standard InChI is InChI=1S/C14H11N7OS/c15-13-17-14(19-18-13)16-8-1-3-9(4-2-8)22-10-5-6-11-12(7-10)21-23-20-11/h1-7H,(H4,15,16,17,18,19). The molecule has 2 heterocycles. The summed E-state index contributed by atoms with van der Waals surface area (Å²) in [5, 5.41) is 10.6. The molecule has 0 saturated heterocycles. The summed E-state index contributed by atoms with van der Waals surface area (Å²) in [6.07, 6.45) is 0. The van der Waals surface area contributed by atoms with Crippen molar-refractivity contribution in [3.8, 4) is 11.5 Å². The molecule has 0 fully saturated rings. The third-order valence-electron chi connectivity index (χ3n) is 3.08. The third-order valence-corrected chi connectivity index (χ3v) is 3.64. The van der Waals surface area contributed by atoms with E-state index in [1.165, 1.54) is 11.7 Å². The Morgan fingerprint density at radius 3 is 2.52 bits per heavy atom. The van der Waals surface area contributed by atoms with Gasteiger partial charge in [0.15, 0.2) is 0 Å². The number of benzene rings is 2. The van der Waals surface area contributed by atoms with Gasteiger partial charge in [0.1, 0.15) is 22.5 Å². The largest absolute Gasteiger partial charge is 0.457 e. The molecule has 9 heteroatoms. The quantitative estimate of drug-likeness (QED) is 0.528. The molecule has 2 aromatic heterocycles. The minimum absolute atomic E-state index is 0.263. The summed E-state index contributed by atoms with van der Waals surface area (Å²) in [7, 11) is 0. The van der Waals surface area contributed by atoms with Crippen molar-refractivity contribution in [2.45, 2.75) is 0 Å². The lowest BCUT2D eigenvalue weighted by Gasteiger charge is -2.07. The minimum atomic E-state index is 0.263. The van der Waals surface area contributed by atoms with E-state index in [1.54, 1.807) is 0 Å². The van der Waals surface area contributed by atoms with Crippen molar-refractivity contribution in [1.82, 2.24) is 23.9 Å². The van der Waals surface area contributed by atoms with Crippen LogP contribution in [0.2, 0.25) is 0 Å². The molecule has 0 aliphatic rings. The number of anilines is 3. The summed E-state index contributed by atoms with van der Waals surface area (Å²) in [6, 6.07) is 13.1. The smallest absolute Gasteiger partial charge is 0.227 e. The summed E-state index contributed by atoms with van der Waals surface area (Å²) in [5.74, 6) is 2.18. The van der Waals surface area contributed by atoms with Crippen LogP contribution in [0.4, 0.5) is 17.6 Å². The number of nitrogens with zero attached hydrogens (tertiary/aromatic N) is 4. The van der Waals surface area contributed by atoms with E-state index >= 15 is 0 Å². The molecule has 0 atom stereocenters. The van der Waals surface area contributed by atoms with E-state index in [0.29, 0.717) is 11.7 Å². The average Bonchev–Trinajstić information content (AvgIpc) is 3.17. The summed E-state index contributed by atoms with van der Waals surface area (Å²) in [4.78, 5) is 2.79. The van der Waals surface area contributed by atoms with E-state index in [4.69, 9.17) is 10.5 Å². The van der Waals surface area contributed by atoms with Crippen molar-refractivity contribution in [2.75, 3.05) is 11.1 Å². The van der Waals surface area contributed by atoms with Gasteiger partial charge in [0.2, 0.25) is 11.9 Å². The van der Waals surface area contributed by atoms with Crippen LogP contribution in [-0.4, -0.2) is 23.9 Å². The van der Waals surface area contributed by atoms with Gasteiger partial charge in [0.05, 0.1) is 11.7 Å². The second-order valence-corrected chi connectivity index (χ2v) is 5.25. The van der Waals surface area contributed by atoms with E-state index < -0.39 is 0 Å². The van der Waals surface area contributed by atoms with Crippen LogP contribution in [0.15, 0.2) is 42.5 Å². The van der Waals surface area contributed by atoms with Crippen LogP contribution in [0, 0.1) is 0 Å². The van der Waals surface area contributed by atoms with Gasteiger partial charge in [0.25, 0.3) is 0 Å². The molecule has 4 aromatic rings. The minimum Gasteiger partial charge on any atom is -0.457 e. The maximum Gasteiger partial charge on any atom is 0.227 e. The van der Waals surface area contributed by atoms with Gasteiger partial charge in [-0.25, -0.2) is 0 Å². The van der Waals surface area contributed by atoms with Gasteiger partial charge < -0.3 is 15.8 Å². The number of nitrogens with two attached hydrogens (primary N) is 1. The molecule has 0 aliphatic carbocycles. The molecular weight excluding hydrogens is 314 g/mol. The van der Waals surface area contributed by atoms with E-state index in [0.717, 1.165) is 22.5 Å². The Kier molecular flexibility index (Phi) is 3.24. The first-order valence-electron chi connectivity index (χ1n) is 6.72. The lowest BCUT2D eigenvalue weighted by molar-refractivity contribution is 0.483. The number of rotatable bonds is 4. The first kappa shape index (κ1) is 13.5. The summed E-state index contributed by atoms with van der Waals surface area (Å²) >= 11 is 1.19. The van der Waals surface area contributed by atoms with Crippen LogP contribution in [0.1, 0.15) is 0 Å². The number of H-pyrrole nitrogens is 1. The van der Waals surface area contributed by atoms with Crippen LogP contribution in [0.3, 0.4) is 0 Å². The lowest BCUT2D eigenvalue weighted by Crippen LogP contribution is -1.93. The van der Waals surface area contributed by atoms with Crippen molar-refractivity contribution >= 4 is 40.3 Å². The highest BCUT2D eigenvalue weighted by Crippen LogP contribution is 2.26. The summed E-state index contributed by atoms with van der Waals surface area (Å²) in [6.45, 7) is 0. The first-order chi connectivity index (χ1) is 11.3. The Hall–Kier alpha value is -3.20. The molecule has 0 aliphatic heterocycles. The number of nitrogens with one attached hydrogen (secondary N) is 2. The Morgan fingerprint density at radius 1 is 0.957 bits per heavy atom. The van der Waals surface area contributed by atoms with Gasteiger partial charge in [-0.3, -0.25) is 4.98 Å². The normalized spacial score (nSPS) is 10.8. The molecule has 0 radical (unpaired) electrons. The zero-order valence-electron chi connectivity index (χ0n) is 11.7. The van der Waals surface area contributed by atoms with Gasteiger partial charge in [-0.05, 0) is 36.4 Å². The number of hydrogen-bond donors (Lipinski definition) is 3. The molecule has 23 heavy (non-hydrogen) atoms. The van der Waals surface area contributed by atoms with Crippen molar-refractivity contribution in [3.05, 3.63) is 42.5 Å². The van der Waals surface area contributed by atoms with Gasteiger partial charge in [-0.1, -0.05) is 0 Å². The van der Waals surface area contributed by atoms with Crippen LogP contribution in [0.25, 0.3) is 11.0 Å². The molecule has 0 amide bonds.